The molecule has 1 saturated heterocycles. The lowest BCUT2D eigenvalue weighted by molar-refractivity contribution is -0.277. The van der Waals surface area contributed by atoms with Crippen LogP contribution in [-0.2, 0) is 47.7 Å². The molecule has 1 rings (SSSR count). The molecule has 1 heterocycles. The molecule has 0 radical (unpaired) electrons. The number of hydrogen-bond donors (Lipinski definition) is 3. The molecule has 1 fully saturated rings. The lowest BCUT2D eigenvalue weighted by Crippen LogP contribution is -2.66. The molecule has 13 heteroatoms. The van der Waals surface area contributed by atoms with Crippen molar-refractivity contribution in [1.29, 1.82) is 0 Å². The van der Waals surface area contributed by atoms with Gasteiger partial charge in [-0.05, 0) is 19.4 Å². The largest absolute Gasteiger partial charge is 0.463 e. The van der Waals surface area contributed by atoms with E-state index in [0.717, 1.165) is 33.1 Å². The van der Waals surface area contributed by atoms with Crippen LogP contribution in [0.1, 0.15) is 53.4 Å². The zero-order valence-electron chi connectivity index (χ0n) is 20.7. The van der Waals surface area contributed by atoms with Crippen LogP contribution in [0.2, 0.25) is 0 Å². The number of amides is 2. The smallest absolute Gasteiger partial charge is 0.303 e. The fourth-order valence-corrected chi connectivity index (χ4v) is 3.49. The van der Waals surface area contributed by atoms with Gasteiger partial charge in [0.15, 0.2) is 18.5 Å². The van der Waals surface area contributed by atoms with E-state index in [0.29, 0.717) is 13.0 Å². The van der Waals surface area contributed by atoms with Crippen molar-refractivity contribution in [3.05, 3.63) is 0 Å². The van der Waals surface area contributed by atoms with Crippen molar-refractivity contribution in [2.24, 2.45) is 5.73 Å². The minimum atomic E-state index is -1.20. The summed E-state index contributed by atoms with van der Waals surface area (Å²) in [7, 11) is 0. The molecule has 0 spiro atoms. The lowest BCUT2D eigenvalue weighted by atomic mass is 9.96. The van der Waals surface area contributed by atoms with Crippen LogP contribution < -0.4 is 16.4 Å². The summed E-state index contributed by atoms with van der Waals surface area (Å²) in [6.07, 6.45) is -1.82. The van der Waals surface area contributed by atoms with Crippen molar-refractivity contribution < 1.29 is 47.7 Å². The van der Waals surface area contributed by atoms with E-state index in [-0.39, 0.29) is 25.7 Å². The van der Waals surface area contributed by atoms with E-state index in [1.165, 1.54) is 13.8 Å². The van der Waals surface area contributed by atoms with E-state index < -0.39 is 54.5 Å². The summed E-state index contributed by atoms with van der Waals surface area (Å²) in [6, 6.07) is -1.05. The van der Waals surface area contributed by atoms with Gasteiger partial charge in [0, 0.05) is 40.7 Å². The van der Waals surface area contributed by atoms with Gasteiger partial charge < -0.3 is 40.1 Å². The van der Waals surface area contributed by atoms with Gasteiger partial charge in [0.25, 0.3) is 0 Å². The molecule has 0 bridgehead atoms. The van der Waals surface area contributed by atoms with Gasteiger partial charge in [-0.1, -0.05) is 6.42 Å². The maximum Gasteiger partial charge on any atom is 0.303 e. The van der Waals surface area contributed by atoms with Crippen LogP contribution in [0.3, 0.4) is 0 Å². The van der Waals surface area contributed by atoms with Gasteiger partial charge in [-0.3, -0.25) is 24.0 Å². The van der Waals surface area contributed by atoms with Crippen molar-refractivity contribution in [1.82, 2.24) is 10.6 Å². The van der Waals surface area contributed by atoms with Crippen molar-refractivity contribution in [2.45, 2.75) is 84.0 Å². The molecule has 0 aromatic heterocycles. The predicted molar refractivity (Wildman–Crippen MR) is 120 cm³/mol. The normalized spacial score (nSPS) is 23.6. The average molecular weight is 504 g/mol. The Morgan fingerprint density at radius 1 is 0.886 bits per heavy atom. The quantitative estimate of drug-likeness (QED) is 0.155. The second-order valence-corrected chi connectivity index (χ2v) is 8.04. The van der Waals surface area contributed by atoms with E-state index in [1.807, 2.05) is 0 Å². The third-order valence-electron chi connectivity index (χ3n) is 4.89. The molecular weight excluding hydrogens is 466 g/mol. The van der Waals surface area contributed by atoms with E-state index >= 15 is 0 Å². The maximum atomic E-state index is 11.9. The minimum Gasteiger partial charge on any atom is -0.463 e. The van der Waals surface area contributed by atoms with Crippen LogP contribution in [0, 0.1) is 0 Å². The van der Waals surface area contributed by atoms with Crippen molar-refractivity contribution in [2.75, 3.05) is 26.3 Å². The fourth-order valence-electron chi connectivity index (χ4n) is 3.49. The summed E-state index contributed by atoms with van der Waals surface area (Å²) < 4.78 is 27.3. The molecular formula is C22H37N3O10. The van der Waals surface area contributed by atoms with Gasteiger partial charge in [0.1, 0.15) is 18.8 Å². The van der Waals surface area contributed by atoms with Crippen LogP contribution in [0.4, 0.5) is 0 Å². The molecule has 0 aromatic rings. The molecule has 5 atom stereocenters. The number of esters is 3. The summed E-state index contributed by atoms with van der Waals surface area (Å²) in [6.45, 7) is 5.17. The topological polar surface area (TPSA) is 182 Å². The highest BCUT2D eigenvalue weighted by Gasteiger charge is 2.51. The third kappa shape index (κ3) is 12.0. The molecule has 0 unspecified atom stereocenters. The number of hydrogen-bond acceptors (Lipinski definition) is 11. The molecule has 1 aliphatic heterocycles. The standard InChI is InChI=1S/C22H37N3O10/c1-13(26)25-19-21(34-16(4)29)20(33-15(3)28)17(12-32-14(2)27)35-22(19)31-11-10-24-18(30)8-6-5-7-9-23/h17,19-22H,5-12,23H2,1-4H3,(H,24,30)(H,25,26)/t17-,19-,20+,21-,22+/m1/s1. The summed E-state index contributed by atoms with van der Waals surface area (Å²) in [4.78, 5) is 58.7. The maximum absolute atomic E-state index is 11.9. The minimum absolute atomic E-state index is 0.000596. The highest BCUT2D eigenvalue weighted by Crippen LogP contribution is 2.28. The molecule has 0 aliphatic carbocycles. The zero-order valence-corrected chi connectivity index (χ0v) is 20.7. The Morgan fingerprint density at radius 2 is 1.54 bits per heavy atom. The Morgan fingerprint density at radius 3 is 2.11 bits per heavy atom. The van der Waals surface area contributed by atoms with Crippen LogP contribution in [0.5, 0.6) is 0 Å². The first-order valence-electron chi connectivity index (χ1n) is 11.5. The van der Waals surface area contributed by atoms with Gasteiger partial charge in [-0.2, -0.15) is 0 Å². The number of unbranched alkanes of at least 4 members (excludes halogenated alkanes) is 2. The van der Waals surface area contributed by atoms with Gasteiger partial charge in [-0.25, -0.2) is 0 Å². The number of rotatable bonds is 14. The average Bonchev–Trinajstić information content (AvgIpc) is 2.75. The molecule has 200 valence electrons. The van der Waals surface area contributed by atoms with Crippen molar-refractivity contribution in [3.63, 3.8) is 0 Å². The van der Waals surface area contributed by atoms with Gasteiger partial charge in [0.05, 0.1) is 6.61 Å². The first-order valence-corrected chi connectivity index (χ1v) is 11.5. The van der Waals surface area contributed by atoms with E-state index in [2.05, 4.69) is 10.6 Å². The van der Waals surface area contributed by atoms with E-state index in [4.69, 9.17) is 29.4 Å². The van der Waals surface area contributed by atoms with Gasteiger partial charge in [-0.15, -0.1) is 0 Å². The molecule has 4 N–H and O–H groups in total. The van der Waals surface area contributed by atoms with E-state index in [1.54, 1.807) is 0 Å². The summed E-state index contributed by atoms with van der Waals surface area (Å²) in [5, 5.41) is 5.32. The predicted octanol–water partition coefficient (Wildman–Crippen LogP) is -0.706. The highest BCUT2D eigenvalue weighted by atomic mass is 16.7. The number of nitrogens with two attached hydrogens (primary N) is 1. The number of carbonyl (C=O) groups excluding carboxylic acids is 5. The first-order chi connectivity index (χ1) is 16.5. The Kier molecular flexibility index (Phi) is 13.8. The molecule has 2 amide bonds. The second kappa shape index (κ2) is 16.0. The van der Waals surface area contributed by atoms with Crippen LogP contribution in [0.25, 0.3) is 0 Å². The summed E-state index contributed by atoms with van der Waals surface area (Å²) in [5.41, 5.74) is 5.44. The second-order valence-electron chi connectivity index (χ2n) is 8.04. The van der Waals surface area contributed by atoms with Crippen LogP contribution in [0.15, 0.2) is 0 Å². The fraction of sp³-hybridized carbons (Fsp3) is 0.773. The van der Waals surface area contributed by atoms with Gasteiger partial charge >= 0.3 is 17.9 Å². The SMILES string of the molecule is CC(=O)N[C@H]1[C@@H](OCCNC(=O)CCCCCN)O[C@H](COC(C)=O)[C@H](OC(C)=O)[C@@H]1OC(C)=O. The highest BCUT2D eigenvalue weighted by molar-refractivity contribution is 5.75. The molecule has 1 aliphatic rings. The summed E-state index contributed by atoms with van der Waals surface area (Å²) >= 11 is 0. The number of nitrogens with one attached hydrogen (secondary N) is 2. The van der Waals surface area contributed by atoms with Crippen LogP contribution in [-0.4, -0.2) is 86.7 Å². The third-order valence-corrected chi connectivity index (χ3v) is 4.89. The zero-order chi connectivity index (χ0) is 26.4. The van der Waals surface area contributed by atoms with Crippen LogP contribution >= 0.6 is 0 Å². The summed E-state index contributed by atoms with van der Waals surface area (Å²) in [5.74, 6) is -2.62. The number of ether oxygens (including phenoxy) is 5. The van der Waals surface area contributed by atoms with Crippen molar-refractivity contribution in [3.8, 4) is 0 Å². The molecule has 0 aromatic carbocycles. The Hall–Kier alpha value is -2.77. The van der Waals surface area contributed by atoms with E-state index in [9.17, 15) is 24.0 Å². The monoisotopic (exact) mass is 503 g/mol. The first kappa shape index (κ1) is 30.3. The van der Waals surface area contributed by atoms with Crippen molar-refractivity contribution >= 4 is 29.7 Å². The molecule has 0 saturated carbocycles. The Balaban J connectivity index is 2.94. The Labute approximate surface area is 204 Å². The molecule has 35 heavy (non-hydrogen) atoms. The number of carbonyl (C=O) groups is 5. The molecule has 13 nitrogen and oxygen atoms in total. The lowest BCUT2D eigenvalue weighted by Gasteiger charge is -2.44. The Bertz CT molecular complexity index is 732. The van der Waals surface area contributed by atoms with Gasteiger partial charge in [0.2, 0.25) is 11.8 Å².